The van der Waals surface area contributed by atoms with Gasteiger partial charge in [0, 0.05) is 0 Å². The van der Waals surface area contributed by atoms with Crippen LogP contribution in [0.1, 0.15) is 0 Å². The van der Waals surface area contributed by atoms with Gasteiger partial charge in [-0.05, 0) is 12.1 Å². The van der Waals surface area contributed by atoms with Crippen LogP contribution in [0.3, 0.4) is 0 Å². The molecule has 65 heavy (non-hydrogen) atoms. The first kappa shape index (κ1) is 39.9. The van der Waals surface area contributed by atoms with Crippen LogP contribution in [0.15, 0.2) is 267 Å². The minimum Gasteiger partial charge on any atom is -0.0242 e. The van der Waals surface area contributed by atoms with Crippen LogP contribution < -0.4 is 27.4 Å². The summed E-state index contributed by atoms with van der Waals surface area (Å²) in [6.07, 6.45) is 0. The van der Waals surface area contributed by atoms with Crippen molar-refractivity contribution < 1.29 is 4.39 Å². The average Bonchev–Trinajstić information content (AvgIpc) is 3.71. The third-order valence-corrected chi connectivity index (χ3v) is 22.6. The van der Waals surface area contributed by atoms with Crippen molar-refractivity contribution >= 4 is 86.8 Å². The fourth-order valence-corrected chi connectivity index (χ4v) is 19.6. The van der Waals surface area contributed by atoms with Crippen LogP contribution in [-0.4, -0.2) is 17.8 Å². The number of nitrogens with zero attached hydrogens (tertiary/aromatic N) is 3. The van der Waals surface area contributed by atoms with E-state index in [0.717, 1.165) is 61.6 Å². The average molecular weight is 899 g/mol. The molecule has 0 radical (unpaired) electrons. The number of fused-ring (bicyclic) bond motifs is 3. The summed E-state index contributed by atoms with van der Waals surface area (Å²) in [5, 5.41) is 2.25. The topological polar surface area (TPSA) is 11.4 Å². The second-order valence-corrected chi connectivity index (χ2v) is 24.3. The van der Waals surface area contributed by atoms with E-state index in [-0.39, 0.29) is 5.82 Å². The zero-order chi connectivity index (χ0) is 43.6. The van der Waals surface area contributed by atoms with Gasteiger partial charge in [0.05, 0.1) is 0 Å². The van der Waals surface area contributed by atoms with Gasteiger partial charge in [-0.15, -0.1) is 0 Å². The van der Waals surface area contributed by atoms with Crippen LogP contribution in [-0.2, 0) is 0 Å². The maximum absolute atomic E-state index is 14.2. The summed E-state index contributed by atoms with van der Waals surface area (Å²) in [5.41, 5.74) is 9.40. The molecule has 0 saturated heterocycles. The molecule has 0 amide bonds. The molecule has 0 N–H and O–H groups in total. The minimum atomic E-state index is -3.51. The molecule has 0 fully saturated rings. The van der Waals surface area contributed by atoms with Crippen LogP contribution in [0, 0.1) is 5.82 Å². The Hall–Kier alpha value is -7.93. The van der Waals surface area contributed by atoms with Crippen molar-refractivity contribution in [3.63, 3.8) is 0 Å². The molecule has 0 atom stereocenters. The number of rotatable bonds is 11. The van der Waals surface area contributed by atoms with Gasteiger partial charge in [0.15, 0.2) is 0 Å². The van der Waals surface area contributed by atoms with E-state index in [1.807, 2.05) is 12.1 Å². The summed E-state index contributed by atoms with van der Waals surface area (Å²) in [6, 6.07) is 94.7. The first-order valence-electron chi connectivity index (χ1n) is 22.0. The summed E-state index contributed by atoms with van der Waals surface area (Å²) in [6.45, 7) is 0. The number of hydrogen-bond donors (Lipinski definition) is 0. The van der Waals surface area contributed by atoms with Gasteiger partial charge in [-0.3, -0.25) is 0 Å². The van der Waals surface area contributed by atoms with E-state index in [0.29, 0.717) is 0 Å². The van der Waals surface area contributed by atoms with Gasteiger partial charge >= 0.3 is 325 Å². The van der Waals surface area contributed by atoms with Crippen LogP contribution in [0.5, 0.6) is 0 Å². The molecule has 5 heteroatoms. The molecule has 1 aromatic heterocycles. The van der Waals surface area contributed by atoms with E-state index in [2.05, 4.69) is 257 Å². The fraction of sp³-hybridized carbons (Fsp3) is 0. The molecule has 1 heterocycles. The van der Waals surface area contributed by atoms with Crippen LogP contribution >= 0.6 is 0 Å². The van der Waals surface area contributed by atoms with Crippen molar-refractivity contribution in [3.05, 3.63) is 273 Å². The van der Waals surface area contributed by atoms with E-state index in [9.17, 15) is 4.39 Å². The van der Waals surface area contributed by atoms with Crippen molar-refractivity contribution in [1.82, 2.24) is 4.57 Å². The van der Waals surface area contributed by atoms with Crippen LogP contribution in [0.2, 0.25) is 0 Å². The Kier molecular flexibility index (Phi) is 10.6. The molecule has 11 rings (SSSR count). The number of para-hydroxylation sites is 3. The Morgan fingerprint density at radius 3 is 1.14 bits per heavy atom. The van der Waals surface area contributed by atoms with Crippen LogP contribution in [0.4, 0.5) is 38.5 Å². The molecular formula is C60H44FGeN3. The van der Waals surface area contributed by atoms with Crippen molar-refractivity contribution in [3.8, 4) is 5.69 Å². The Bertz CT molecular complexity index is 3210. The zero-order valence-electron chi connectivity index (χ0n) is 35.6. The van der Waals surface area contributed by atoms with Gasteiger partial charge in [0.1, 0.15) is 5.82 Å². The monoisotopic (exact) mass is 899 g/mol. The normalized spacial score (nSPS) is 11.5. The van der Waals surface area contributed by atoms with E-state index < -0.39 is 13.3 Å². The molecule has 0 unspecified atom stereocenters. The Labute approximate surface area is 381 Å². The first-order chi connectivity index (χ1) is 32.2. The molecule has 0 aliphatic rings. The Balaban J connectivity index is 1.10. The molecule has 10 aromatic carbocycles. The molecule has 0 bridgehead atoms. The number of aromatic nitrogens is 1. The van der Waals surface area contributed by atoms with Crippen LogP contribution in [0.25, 0.3) is 27.5 Å². The zero-order valence-corrected chi connectivity index (χ0v) is 37.7. The second-order valence-electron chi connectivity index (χ2n) is 16.3. The third-order valence-electron chi connectivity index (χ3n) is 12.6. The van der Waals surface area contributed by atoms with Crippen molar-refractivity contribution in [2.75, 3.05) is 9.80 Å². The summed E-state index contributed by atoms with van der Waals surface area (Å²) < 4.78 is 21.9. The summed E-state index contributed by atoms with van der Waals surface area (Å²) in [4.78, 5) is 4.66. The first-order valence-corrected chi connectivity index (χ1v) is 26.2. The number of benzene rings is 10. The van der Waals surface area contributed by atoms with E-state index in [1.165, 1.54) is 29.7 Å². The Morgan fingerprint density at radius 2 is 0.646 bits per heavy atom. The van der Waals surface area contributed by atoms with Gasteiger partial charge < -0.3 is 0 Å². The molecule has 0 aliphatic carbocycles. The van der Waals surface area contributed by atoms with E-state index in [1.54, 1.807) is 0 Å². The molecule has 0 spiro atoms. The fourth-order valence-electron chi connectivity index (χ4n) is 9.69. The van der Waals surface area contributed by atoms with Crippen molar-refractivity contribution in [2.45, 2.75) is 0 Å². The standard InChI is InChI=1S/C60H44FGeN3/c61-45-30-34-55(35-31-45)65-59-29-17-16-28-57(59)58-44-56(42-43-60(58)65)64(54-40-38-53(39-41-54)63(50-24-12-4-13-25-50)51-26-14-5-15-27-51)52-36-32-49(33-37-52)62(46-18-6-1-7-19-46,47-20-8-2-9-21-47)48-22-10-3-11-23-48/h1-44H. The predicted molar refractivity (Wildman–Crippen MR) is 274 cm³/mol. The van der Waals surface area contributed by atoms with Gasteiger partial charge in [-0.25, -0.2) is 4.39 Å². The minimum absolute atomic E-state index is 0.253. The van der Waals surface area contributed by atoms with Crippen molar-refractivity contribution in [1.29, 1.82) is 0 Å². The smallest absolute Gasteiger partial charge is 0.0242 e. The van der Waals surface area contributed by atoms with E-state index in [4.69, 9.17) is 0 Å². The van der Waals surface area contributed by atoms with E-state index >= 15 is 0 Å². The molecular weight excluding hydrogens is 854 g/mol. The molecule has 0 saturated carbocycles. The second kappa shape index (κ2) is 17.3. The molecule has 11 aromatic rings. The summed E-state index contributed by atoms with van der Waals surface area (Å²) >= 11 is -3.51. The number of anilines is 6. The SMILES string of the molecule is Fc1ccc(-n2c3ccccc3c3cc(N(c4ccc(N(c5ccccc5)c5ccccc5)cc4)c4cc[c]([Ge]([c]5ccccc5)([c]5ccccc5)[c]5ccccc5)cc4)ccc32)cc1. The quantitative estimate of drug-likeness (QED) is 0.120. The number of hydrogen-bond acceptors (Lipinski definition) is 2. The summed E-state index contributed by atoms with van der Waals surface area (Å²) in [7, 11) is 0. The molecule has 0 aliphatic heterocycles. The molecule has 310 valence electrons. The van der Waals surface area contributed by atoms with Gasteiger partial charge in [0.25, 0.3) is 0 Å². The van der Waals surface area contributed by atoms with Gasteiger partial charge in [-0.2, -0.15) is 0 Å². The maximum atomic E-state index is 14.2. The third kappa shape index (κ3) is 7.28. The molecule has 3 nitrogen and oxygen atoms in total. The van der Waals surface area contributed by atoms with Gasteiger partial charge in [-0.1, -0.05) is 36.4 Å². The van der Waals surface area contributed by atoms with Gasteiger partial charge in [0.2, 0.25) is 0 Å². The Morgan fingerprint density at radius 1 is 0.292 bits per heavy atom. The van der Waals surface area contributed by atoms with Crippen molar-refractivity contribution in [2.24, 2.45) is 0 Å². The number of halogens is 1. The summed E-state index contributed by atoms with van der Waals surface area (Å²) in [5.74, 6) is -0.253. The predicted octanol–water partition coefficient (Wildman–Crippen LogP) is 13.2.